The van der Waals surface area contributed by atoms with Crippen LogP contribution in [-0.4, -0.2) is 31.1 Å². The van der Waals surface area contributed by atoms with Crippen molar-refractivity contribution >= 4 is 11.8 Å². The zero-order valence-electron chi connectivity index (χ0n) is 14.5. The molecule has 0 aromatic heterocycles. The summed E-state index contributed by atoms with van der Waals surface area (Å²) in [6, 6.07) is 12.9. The minimum Gasteiger partial charge on any atom is -0.497 e. The van der Waals surface area contributed by atoms with Gasteiger partial charge in [0, 0.05) is 12.8 Å². The smallest absolute Gasteiger partial charge is 0.303 e. The van der Waals surface area contributed by atoms with E-state index in [1.165, 1.54) is 7.11 Å². The fourth-order valence-electron chi connectivity index (χ4n) is 2.56. The van der Waals surface area contributed by atoms with Gasteiger partial charge in [-0.3, -0.25) is 9.59 Å². The van der Waals surface area contributed by atoms with Crippen LogP contribution in [0.15, 0.2) is 42.5 Å². The Morgan fingerprint density at radius 1 is 0.880 bits per heavy atom. The Hall–Kier alpha value is -2.82. The molecule has 0 aliphatic rings. The summed E-state index contributed by atoms with van der Waals surface area (Å²) in [4.78, 5) is 23.3. The van der Waals surface area contributed by atoms with E-state index < -0.39 is 5.97 Å². The summed E-state index contributed by atoms with van der Waals surface area (Å²) >= 11 is 0. The lowest BCUT2D eigenvalue weighted by molar-refractivity contribution is -0.136. The Labute approximate surface area is 147 Å². The summed E-state index contributed by atoms with van der Waals surface area (Å²) in [7, 11) is 3.13. The molecular weight excluding hydrogens is 320 g/mol. The summed E-state index contributed by atoms with van der Waals surface area (Å²) in [5, 5.41) is 8.80. The number of rotatable bonds is 9. The highest BCUT2D eigenvalue weighted by Gasteiger charge is 2.14. The molecule has 0 unspecified atom stereocenters. The van der Waals surface area contributed by atoms with Gasteiger partial charge in [-0.2, -0.15) is 0 Å². The summed E-state index contributed by atoms with van der Waals surface area (Å²) in [6.07, 6.45) is 1.39. The van der Waals surface area contributed by atoms with E-state index in [1.54, 1.807) is 25.3 Å². The maximum absolute atomic E-state index is 12.6. The number of Topliss-reactive ketones (excluding diaryl/α,β-unsaturated/α-hetero) is 1. The van der Waals surface area contributed by atoms with Crippen molar-refractivity contribution in [3.05, 3.63) is 59.2 Å². The first kappa shape index (κ1) is 18.5. The van der Waals surface area contributed by atoms with Crippen molar-refractivity contribution in [2.75, 3.05) is 14.2 Å². The van der Waals surface area contributed by atoms with Gasteiger partial charge in [0.05, 0.1) is 19.8 Å². The van der Waals surface area contributed by atoms with Gasteiger partial charge in [-0.1, -0.05) is 18.2 Å². The molecule has 0 aliphatic heterocycles. The third-order valence-electron chi connectivity index (χ3n) is 3.99. The molecular formula is C20H22O5. The normalized spacial score (nSPS) is 10.3. The van der Waals surface area contributed by atoms with Crippen molar-refractivity contribution in [2.45, 2.75) is 25.7 Å². The van der Waals surface area contributed by atoms with Gasteiger partial charge in [-0.15, -0.1) is 0 Å². The van der Waals surface area contributed by atoms with Gasteiger partial charge < -0.3 is 14.6 Å². The van der Waals surface area contributed by atoms with Crippen LogP contribution >= 0.6 is 0 Å². The van der Waals surface area contributed by atoms with Crippen LogP contribution in [0, 0.1) is 0 Å². The van der Waals surface area contributed by atoms with Crippen molar-refractivity contribution in [3.63, 3.8) is 0 Å². The molecule has 5 nitrogen and oxygen atoms in total. The third-order valence-corrected chi connectivity index (χ3v) is 3.99. The molecule has 2 aromatic carbocycles. The van der Waals surface area contributed by atoms with Gasteiger partial charge >= 0.3 is 5.97 Å². The molecule has 0 atom stereocenters. The molecule has 25 heavy (non-hydrogen) atoms. The van der Waals surface area contributed by atoms with Crippen molar-refractivity contribution < 1.29 is 24.2 Å². The van der Waals surface area contributed by atoms with Crippen molar-refractivity contribution in [1.82, 2.24) is 0 Å². The predicted octanol–water partition coefficient (Wildman–Crippen LogP) is 3.54. The third kappa shape index (κ3) is 5.35. The van der Waals surface area contributed by atoms with E-state index in [0.717, 1.165) is 16.9 Å². The Kier molecular flexibility index (Phi) is 6.57. The van der Waals surface area contributed by atoms with Gasteiger partial charge in [-0.05, 0) is 48.2 Å². The minimum atomic E-state index is -0.858. The number of aliphatic carboxylic acids is 1. The molecule has 132 valence electrons. The number of hydrogen-bond donors (Lipinski definition) is 1. The minimum absolute atomic E-state index is 0.0233. The highest BCUT2D eigenvalue weighted by Crippen LogP contribution is 2.23. The molecule has 0 bridgehead atoms. The van der Waals surface area contributed by atoms with E-state index in [0.29, 0.717) is 30.6 Å². The summed E-state index contributed by atoms with van der Waals surface area (Å²) in [5.74, 6) is 0.412. The topological polar surface area (TPSA) is 72.8 Å². The van der Waals surface area contributed by atoms with Crippen LogP contribution in [0.3, 0.4) is 0 Å². The number of aryl methyl sites for hydroxylation is 2. The van der Waals surface area contributed by atoms with E-state index in [2.05, 4.69) is 0 Å². The second-order valence-electron chi connectivity index (χ2n) is 5.70. The number of benzene rings is 2. The first-order valence-electron chi connectivity index (χ1n) is 8.08. The van der Waals surface area contributed by atoms with Gasteiger partial charge in [-0.25, -0.2) is 0 Å². The van der Waals surface area contributed by atoms with Crippen molar-refractivity contribution in [1.29, 1.82) is 0 Å². The number of carboxylic acid groups (broad SMARTS) is 1. The summed E-state index contributed by atoms with van der Waals surface area (Å²) in [6.45, 7) is 0. The zero-order valence-corrected chi connectivity index (χ0v) is 14.5. The Morgan fingerprint density at radius 2 is 1.52 bits per heavy atom. The van der Waals surface area contributed by atoms with E-state index in [-0.39, 0.29) is 12.2 Å². The number of carbonyl (C=O) groups is 2. The maximum Gasteiger partial charge on any atom is 0.303 e. The second kappa shape index (κ2) is 8.87. The molecule has 0 saturated heterocycles. The van der Waals surface area contributed by atoms with Crippen molar-refractivity contribution in [3.8, 4) is 11.5 Å². The SMILES string of the molecule is COc1ccc(CCC(=O)c2cc(CCC(=O)O)ccc2OC)cc1. The first-order valence-corrected chi connectivity index (χ1v) is 8.08. The van der Waals surface area contributed by atoms with Crippen LogP contribution in [-0.2, 0) is 17.6 Å². The predicted molar refractivity (Wildman–Crippen MR) is 94.6 cm³/mol. The number of ether oxygens (including phenoxy) is 2. The second-order valence-corrected chi connectivity index (χ2v) is 5.70. The highest BCUT2D eigenvalue weighted by atomic mass is 16.5. The Balaban J connectivity index is 2.07. The van der Waals surface area contributed by atoms with Crippen molar-refractivity contribution in [2.24, 2.45) is 0 Å². The quantitative estimate of drug-likeness (QED) is 0.706. The molecule has 0 saturated carbocycles. The molecule has 0 heterocycles. The van der Waals surface area contributed by atoms with Crippen LogP contribution in [0.1, 0.15) is 34.3 Å². The average molecular weight is 342 g/mol. The molecule has 0 radical (unpaired) electrons. The zero-order chi connectivity index (χ0) is 18.2. The Bertz CT molecular complexity index is 734. The van der Waals surface area contributed by atoms with Crippen LogP contribution in [0.4, 0.5) is 0 Å². The van der Waals surface area contributed by atoms with Crippen LogP contribution in [0.5, 0.6) is 11.5 Å². The maximum atomic E-state index is 12.6. The van der Waals surface area contributed by atoms with E-state index in [9.17, 15) is 9.59 Å². The summed E-state index contributed by atoms with van der Waals surface area (Å²) in [5.41, 5.74) is 2.37. The van der Waals surface area contributed by atoms with Crippen LogP contribution in [0.25, 0.3) is 0 Å². The number of methoxy groups -OCH3 is 2. The van der Waals surface area contributed by atoms with Gasteiger partial charge in [0.2, 0.25) is 0 Å². The Morgan fingerprint density at radius 3 is 2.12 bits per heavy atom. The lowest BCUT2D eigenvalue weighted by Crippen LogP contribution is -2.06. The number of carbonyl (C=O) groups excluding carboxylic acids is 1. The standard InChI is InChI=1S/C20H22O5/c1-24-16-8-3-14(4-9-16)5-10-18(21)17-13-15(7-12-20(22)23)6-11-19(17)25-2/h3-4,6,8-9,11,13H,5,7,10,12H2,1-2H3,(H,22,23). The largest absolute Gasteiger partial charge is 0.497 e. The first-order chi connectivity index (χ1) is 12.0. The van der Waals surface area contributed by atoms with Crippen LogP contribution in [0.2, 0.25) is 0 Å². The summed E-state index contributed by atoms with van der Waals surface area (Å²) < 4.78 is 10.4. The molecule has 0 spiro atoms. The highest BCUT2D eigenvalue weighted by molar-refractivity contribution is 5.99. The molecule has 2 aromatic rings. The number of hydrogen-bond acceptors (Lipinski definition) is 4. The lowest BCUT2D eigenvalue weighted by Gasteiger charge is -2.10. The fraction of sp³-hybridized carbons (Fsp3) is 0.300. The molecule has 1 N–H and O–H groups in total. The average Bonchev–Trinajstić information content (AvgIpc) is 2.64. The monoisotopic (exact) mass is 342 g/mol. The van der Waals surface area contributed by atoms with E-state index in [1.807, 2.05) is 24.3 Å². The van der Waals surface area contributed by atoms with E-state index >= 15 is 0 Å². The molecule has 0 fully saturated rings. The van der Waals surface area contributed by atoms with E-state index in [4.69, 9.17) is 14.6 Å². The van der Waals surface area contributed by atoms with Gasteiger partial charge in [0.25, 0.3) is 0 Å². The van der Waals surface area contributed by atoms with Crippen LogP contribution < -0.4 is 9.47 Å². The lowest BCUT2D eigenvalue weighted by atomic mass is 9.98. The van der Waals surface area contributed by atoms with Gasteiger partial charge in [0.1, 0.15) is 11.5 Å². The number of carboxylic acids is 1. The molecule has 0 amide bonds. The number of ketones is 1. The molecule has 2 rings (SSSR count). The molecule has 0 aliphatic carbocycles. The molecule has 5 heteroatoms. The van der Waals surface area contributed by atoms with Gasteiger partial charge in [0.15, 0.2) is 5.78 Å². The fourth-order valence-corrected chi connectivity index (χ4v) is 2.56.